The van der Waals surface area contributed by atoms with Crippen LogP contribution in [-0.4, -0.2) is 50.7 Å². The zero-order valence-electron chi connectivity index (χ0n) is 11.4. The number of halogens is 1. The van der Waals surface area contributed by atoms with Crippen LogP contribution < -0.4 is 10.2 Å². The Bertz CT molecular complexity index is 394. The van der Waals surface area contributed by atoms with E-state index in [9.17, 15) is 0 Å². The van der Waals surface area contributed by atoms with Gasteiger partial charge in [-0.15, -0.1) is 0 Å². The Balaban J connectivity index is 2.22. The van der Waals surface area contributed by atoms with E-state index in [1.165, 1.54) is 0 Å². The summed E-state index contributed by atoms with van der Waals surface area (Å²) in [6, 6.07) is 9.09. The van der Waals surface area contributed by atoms with Gasteiger partial charge in [0.25, 0.3) is 0 Å². The van der Waals surface area contributed by atoms with Gasteiger partial charge in [0.1, 0.15) is 0 Å². The molecule has 4 heteroatoms. The molecular formula is C14H22ClN3. The molecule has 0 saturated carbocycles. The number of rotatable bonds is 3. The summed E-state index contributed by atoms with van der Waals surface area (Å²) in [4.78, 5) is 4.66. The molecule has 18 heavy (non-hydrogen) atoms. The first-order chi connectivity index (χ1) is 8.58. The Hall–Kier alpha value is -0.770. The Morgan fingerprint density at radius 2 is 2.11 bits per heavy atom. The van der Waals surface area contributed by atoms with Gasteiger partial charge >= 0.3 is 0 Å². The van der Waals surface area contributed by atoms with Crippen LogP contribution in [0.15, 0.2) is 24.3 Å². The molecule has 0 radical (unpaired) electrons. The summed E-state index contributed by atoms with van der Waals surface area (Å²) in [5.41, 5.74) is 1.15. The zero-order chi connectivity index (χ0) is 13.1. The lowest BCUT2D eigenvalue weighted by molar-refractivity contribution is 0.317. The van der Waals surface area contributed by atoms with E-state index in [-0.39, 0.29) is 0 Å². The molecule has 1 aromatic rings. The molecule has 2 unspecified atom stereocenters. The number of likely N-dealkylation sites (N-methyl/N-ethyl adjacent to an activating group) is 1. The smallest absolute Gasteiger partial charge is 0.0639 e. The average Bonchev–Trinajstić information content (AvgIpc) is 2.32. The summed E-state index contributed by atoms with van der Waals surface area (Å²) < 4.78 is 0. The predicted octanol–water partition coefficient (Wildman–Crippen LogP) is 2.07. The van der Waals surface area contributed by atoms with Gasteiger partial charge in [0.2, 0.25) is 0 Å². The average molecular weight is 268 g/mol. The number of hydrogen-bond acceptors (Lipinski definition) is 3. The van der Waals surface area contributed by atoms with Crippen molar-refractivity contribution >= 4 is 17.3 Å². The lowest BCUT2D eigenvalue weighted by Gasteiger charge is -2.42. The van der Waals surface area contributed by atoms with Crippen molar-refractivity contribution in [2.75, 3.05) is 38.6 Å². The first-order valence-corrected chi connectivity index (χ1v) is 6.85. The molecule has 0 spiro atoms. The van der Waals surface area contributed by atoms with Gasteiger partial charge in [0.05, 0.1) is 16.8 Å². The van der Waals surface area contributed by atoms with E-state index in [0.717, 1.165) is 30.3 Å². The SMILES string of the molecule is CC1CN(c2ccccc2Cl)C(CN(C)C)CN1. The molecule has 1 fully saturated rings. The van der Waals surface area contributed by atoms with Gasteiger partial charge in [0.15, 0.2) is 0 Å². The van der Waals surface area contributed by atoms with Crippen LogP contribution >= 0.6 is 11.6 Å². The van der Waals surface area contributed by atoms with Crippen LogP contribution in [0.25, 0.3) is 0 Å². The van der Waals surface area contributed by atoms with Gasteiger partial charge in [-0.25, -0.2) is 0 Å². The van der Waals surface area contributed by atoms with E-state index in [4.69, 9.17) is 11.6 Å². The van der Waals surface area contributed by atoms with E-state index >= 15 is 0 Å². The van der Waals surface area contributed by atoms with Gasteiger partial charge in [-0.2, -0.15) is 0 Å². The minimum atomic E-state index is 0.469. The third kappa shape index (κ3) is 3.16. The second kappa shape index (κ2) is 5.91. The molecule has 0 amide bonds. The van der Waals surface area contributed by atoms with Crippen LogP contribution in [0.2, 0.25) is 5.02 Å². The van der Waals surface area contributed by atoms with E-state index in [1.54, 1.807) is 0 Å². The highest BCUT2D eigenvalue weighted by Gasteiger charge is 2.27. The molecule has 1 N–H and O–H groups in total. The Morgan fingerprint density at radius 1 is 1.39 bits per heavy atom. The van der Waals surface area contributed by atoms with Gasteiger partial charge < -0.3 is 15.1 Å². The molecule has 2 rings (SSSR count). The molecule has 3 nitrogen and oxygen atoms in total. The molecular weight excluding hydrogens is 246 g/mol. The largest absolute Gasteiger partial charge is 0.363 e. The highest BCUT2D eigenvalue weighted by Crippen LogP contribution is 2.28. The lowest BCUT2D eigenvalue weighted by atomic mass is 10.1. The number of nitrogens with one attached hydrogen (secondary N) is 1. The predicted molar refractivity (Wildman–Crippen MR) is 78.6 cm³/mol. The highest BCUT2D eigenvalue weighted by molar-refractivity contribution is 6.33. The van der Waals surface area contributed by atoms with Crippen LogP contribution in [0.5, 0.6) is 0 Å². The maximum absolute atomic E-state index is 6.33. The summed E-state index contributed by atoms with van der Waals surface area (Å²) in [5.74, 6) is 0. The Kier molecular flexibility index (Phi) is 4.49. The van der Waals surface area contributed by atoms with E-state index < -0.39 is 0 Å². The van der Waals surface area contributed by atoms with Crippen molar-refractivity contribution < 1.29 is 0 Å². The van der Waals surface area contributed by atoms with Crippen LogP contribution in [-0.2, 0) is 0 Å². The minimum absolute atomic E-state index is 0.469. The van der Waals surface area contributed by atoms with Crippen molar-refractivity contribution in [3.63, 3.8) is 0 Å². The Morgan fingerprint density at radius 3 is 2.78 bits per heavy atom. The molecule has 0 aliphatic carbocycles. The van der Waals surface area contributed by atoms with Crippen molar-refractivity contribution in [2.24, 2.45) is 0 Å². The summed E-state index contributed by atoms with van der Waals surface area (Å²) in [5, 5.41) is 4.39. The van der Waals surface area contributed by atoms with Crippen LogP contribution in [0.1, 0.15) is 6.92 Å². The van der Waals surface area contributed by atoms with Gasteiger partial charge in [-0.3, -0.25) is 0 Å². The number of hydrogen-bond donors (Lipinski definition) is 1. The monoisotopic (exact) mass is 267 g/mol. The maximum atomic E-state index is 6.33. The number of piperazine rings is 1. The number of para-hydroxylation sites is 1. The molecule has 2 atom stereocenters. The fourth-order valence-electron chi connectivity index (χ4n) is 2.52. The summed E-state index contributed by atoms with van der Waals surface area (Å²) >= 11 is 6.33. The third-order valence-electron chi connectivity index (χ3n) is 3.35. The van der Waals surface area contributed by atoms with Crippen LogP contribution in [0.3, 0.4) is 0 Å². The van der Waals surface area contributed by atoms with E-state index in [0.29, 0.717) is 12.1 Å². The number of anilines is 1. The maximum Gasteiger partial charge on any atom is 0.0639 e. The van der Waals surface area contributed by atoms with Crippen LogP contribution in [0.4, 0.5) is 5.69 Å². The minimum Gasteiger partial charge on any atom is -0.363 e. The fourth-order valence-corrected chi connectivity index (χ4v) is 2.76. The molecule has 1 heterocycles. The summed E-state index contributed by atoms with van der Waals surface area (Å²) in [6.45, 7) is 5.26. The molecule has 0 bridgehead atoms. The van der Waals surface area contributed by atoms with Crippen molar-refractivity contribution in [1.29, 1.82) is 0 Å². The summed E-state index contributed by atoms with van der Waals surface area (Å²) in [6.07, 6.45) is 0. The zero-order valence-corrected chi connectivity index (χ0v) is 12.1. The number of benzene rings is 1. The normalized spacial score (nSPS) is 24.6. The van der Waals surface area contributed by atoms with Crippen LogP contribution in [0, 0.1) is 0 Å². The highest BCUT2D eigenvalue weighted by atomic mass is 35.5. The molecule has 1 aliphatic rings. The molecule has 1 aliphatic heterocycles. The second-order valence-electron chi connectivity index (χ2n) is 5.33. The van der Waals surface area contributed by atoms with E-state index in [2.05, 4.69) is 48.3 Å². The lowest BCUT2D eigenvalue weighted by Crippen LogP contribution is -2.58. The molecule has 0 aromatic heterocycles. The van der Waals surface area contributed by atoms with Crippen molar-refractivity contribution in [1.82, 2.24) is 10.2 Å². The summed E-state index contributed by atoms with van der Waals surface area (Å²) in [7, 11) is 4.23. The quantitative estimate of drug-likeness (QED) is 0.905. The Labute approximate surface area is 115 Å². The molecule has 1 saturated heterocycles. The van der Waals surface area contributed by atoms with Gasteiger partial charge in [-0.1, -0.05) is 23.7 Å². The number of nitrogens with zero attached hydrogens (tertiary/aromatic N) is 2. The first kappa shape index (κ1) is 13.7. The first-order valence-electron chi connectivity index (χ1n) is 6.47. The van der Waals surface area contributed by atoms with Gasteiger partial charge in [-0.05, 0) is 33.2 Å². The molecule has 1 aromatic carbocycles. The topological polar surface area (TPSA) is 18.5 Å². The van der Waals surface area contributed by atoms with Crippen molar-refractivity contribution in [2.45, 2.75) is 19.0 Å². The van der Waals surface area contributed by atoms with Crippen molar-refractivity contribution in [3.05, 3.63) is 29.3 Å². The van der Waals surface area contributed by atoms with Crippen molar-refractivity contribution in [3.8, 4) is 0 Å². The van der Waals surface area contributed by atoms with E-state index in [1.807, 2.05) is 12.1 Å². The molecule has 100 valence electrons. The fraction of sp³-hybridized carbons (Fsp3) is 0.571. The standard InChI is InChI=1S/C14H22ClN3/c1-11-9-18(12(8-16-11)10-17(2)3)14-7-5-4-6-13(14)15/h4-7,11-12,16H,8-10H2,1-3H3. The second-order valence-corrected chi connectivity index (χ2v) is 5.74. The third-order valence-corrected chi connectivity index (χ3v) is 3.67. The van der Waals surface area contributed by atoms with Gasteiger partial charge in [0, 0.05) is 25.7 Å².